The summed E-state index contributed by atoms with van der Waals surface area (Å²) in [6.07, 6.45) is 3.15. The first kappa shape index (κ1) is 20.6. The van der Waals surface area contributed by atoms with E-state index in [1.165, 1.54) is 0 Å². The number of nitrogens with zero attached hydrogens (tertiary/aromatic N) is 2. The predicted octanol–water partition coefficient (Wildman–Crippen LogP) is 2.97. The number of aromatic amines is 1. The normalized spacial score (nSPS) is 16.0. The van der Waals surface area contributed by atoms with Gasteiger partial charge in [-0.1, -0.05) is 12.1 Å². The zero-order valence-electron chi connectivity index (χ0n) is 16.9. The highest BCUT2D eigenvalue weighted by Crippen LogP contribution is 2.27. The van der Waals surface area contributed by atoms with E-state index in [4.69, 9.17) is 4.74 Å². The van der Waals surface area contributed by atoms with E-state index in [-0.39, 0.29) is 5.56 Å². The number of aryl methyl sites for hydroxylation is 1. The number of rotatable bonds is 6. The second-order valence-electron chi connectivity index (χ2n) is 7.59. The third-order valence-electron chi connectivity index (χ3n) is 5.72. The molecular weight excluding hydrogens is 402 g/mol. The van der Waals surface area contributed by atoms with E-state index < -0.39 is 10.0 Å². The fraction of sp³-hybridized carbons (Fsp3) is 0.364. The van der Waals surface area contributed by atoms with Gasteiger partial charge in [-0.25, -0.2) is 13.4 Å². The maximum Gasteiger partial charge on any atom is 0.258 e. The lowest BCUT2D eigenvalue weighted by molar-refractivity contribution is 0.263. The van der Waals surface area contributed by atoms with E-state index in [9.17, 15) is 13.2 Å². The average Bonchev–Trinajstić information content (AvgIpc) is 2.78. The van der Waals surface area contributed by atoms with Gasteiger partial charge in [-0.2, -0.15) is 4.31 Å². The molecule has 30 heavy (non-hydrogen) atoms. The quantitative estimate of drug-likeness (QED) is 0.653. The predicted molar refractivity (Wildman–Crippen MR) is 115 cm³/mol. The number of piperidine rings is 1. The summed E-state index contributed by atoms with van der Waals surface area (Å²) in [4.78, 5) is 19.9. The van der Waals surface area contributed by atoms with Crippen molar-refractivity contribution in [1.29, 1.82) is 0 Å². The number of hydrogen-bond donors (Lipinski definition) is 1. The van der Waals surface area contributed by atoms with Crippen molar-refractivity contribution in [2.24, 2.45) is 5.92 Å². The molecule has 1 aromatic heterocycles. The molecule has 2 aromatic carbocycles. The molecule has 0 amide bonds. The maximum absolute atomic E-state index is 12.9. The monoisotopic (exact) mass is 427 g/mol. The van der Waals surface area contributed by atoms with Crippen molar-refractivity contribution >= 4 is 20.9 Å². The van der Waals surface area contributed by atoms with Gasteiger partial charge in [0.25, 0.3) is 5.56 Å². The second-order valence-corrected chi connectivity index (χ2v) is 9.53. The lowest BCUT2D eigenvalue weighted by Crippen LogP contribution is -2.38. The Balaban J connectivity index is 1.36. The Labute approximate surface area is 175 Å². The molecular formula is C22H25N3O4S. The van der Waals surface area contributed by atoms with E-state index >= 15 is 0 Å². The molecule has 2 heterocycles. The third kappa shape index (κ3) is 4.24. The van der Waals surface area contributed by atoms with Crippen LogP contribution in [0.2, 0.25) is 0 Å². The molecule has 158 valence electrons. The molecule has 8 heteroatoms. The van der Waals surface area contributed by atoms with Crippen molar-refractivity contribution in [2.45, 2.75) is 30.6 Å². The Morgan fingerprint density at radius 1 is 1.10 bits per heavy atom. The first-order valence-corrected chi connectivity index (χ1v) is 11.5. The van der Waals surface area contributed by atoms with E-state index in [2.05, 4.69) is 9.97 Å². The number of ether oxygens (including phenoxy) is 1. The molecule has 1 aliphatic heterocycles. The maximum atomic E-state index is 12.9. The molecule has 0 bridgehead atoms. The molecule has 7 nitrogen and oxygen atoms in total. The molecule has 0 saturated carbocycles. The summed E-state index contributed by atoms with van der Waals surface area (Å²) in [5.74, 6) is 1.73. The minimum atomic E-state index is -3.49. The highest BCUT2D eigenvalue weighted by molar-refractivity contribution is 7.89. The molecule has 1 aliphatic rings. The van der Waals surface area contributed by atoms with Gasteiger partial charge in [-0.15, -0.1) is 0 Å². The summed E-state index contributed by atoms with van der Waals surface area (Å²) in [6.45, 7) is 1.00. The van der Waals surface area contributed by atoms with Crippen molar-refractivity contribution in [3.05, 3.63) is 64.7 Å². The van der Waals surface area contributed by atoms with Gasteiger partial charge >= 0.3 is 0 Å². The Kier molecular flexibility index (Phi) is 5.87. The molecule has 0 spiro atoms. The minimum Gasteiger partial charge on any atom is -0.497 e. The Morgan fingerprint density at radius 3 is 2.50 bits per heavy atom. The number of benzene rings is 2. The van der Waals surface area contributed by atoms with Gasteiger partial charge in [-0.3, -0.25) is 4.79 Å². The van der Waals surface area contributed by atoms with Crippen LogP contribution in [-0.2, 0) is 16.4 Å². The van der Waals surface area contributed by atoms with Gasteiger partial charge in [0.2, 0.25) is 10.0 Å². The van der Waals surface area contributed by atoms with Gasteiger partial charge < -0.3 is 9.72 Å². The minimum absolute atomic E-state index is 0.115. The van der Waals surface area contributed by atoms with E-state index in [0.29, 0.717) is 52.8 Å². The molecule has 0 atom stereocenters. The first-order chi connectivity index (χ1) is 14.5. The van der Waals surface area contributed by atoms with Crippen LogP contribution in [0.5, 0.6) is 5.75 Å². The summed E-state index contributed by atoms with van der Waals surface area (Å²) in [5.41, 5.74) is 0.590. The summed E-state index contributed by atoms with van der Waals surface area (Å²) in [6, 6.07) is 13.8. The fourth-order valence-electron chi connectivity index (χ4n) is 3.93. The van der Waals surface area contributed by atoms with Gasteiger partial charge in [0.15, 0.2) is 0 Å². The fourth-order valence-corrected chi connectivity index (χ4v) is 5.40. The largest absolute Gasteiger partial charge is 0.497 e. The number of H-pyrrole nitrogens is 1. The number of sulfonamides is 1. The molecule has 1 saturated heterocycles. The second kappa shape index (κ2) is 8.57. The highest BCUT2D eigenvalue weighted by Gasteiger charge is 2.29. The van der Waals surface area contributed by atoms with Gasteiger partial charge in [0.05, 0.1) is 22.9 Å². The molecule has 0 unspecified atom stereocenters. The number of fused-ring (bicyclic) bond motifs is 1. The van der Waals surface area contributed by atoms with Crippen molar-refractivity contribution in [1.82, 2.24) is 14.3 Å². The lowest BCUT2D eigenvalue weighted by atomic mass is 9.93. The molecule has 4 rings (SSSR count). The Bertz CT molecular complexity index is 1180. The standard InChI is InChI=1S/C22H25N3O4S/c1-29-17-7-9-18(10-8-17)30(27,28)25-14-12-16(13-15-25)6-11-21-23-20-5-3-2-4-19(20)22(26)24-21/h2-5,7-10,16H,6,11-15H2,1H3,(H,23,24,26). The topological polar surface area (TPSA) is 92.4 Å². The summed E-state index contributed by atoms with van der Waals surface area (Å²) in [5, 5.41) is 0.596. The average molecular weight is 428 g/mol. The molecule has 1 fully saturated rings. The Hall–Kier alpha value is -2.71. The third-order valence-corrected chi connectivity index (χ3v) is 7.63. The zero-order chi connectivity index (χ0) is 21.1. The van der Waals surface area contributed by atoms with Crippen molar-refractivity contribution in [2.75, 3.05) is 20.2 Å². The van der Waals surface area contributed by atoms with E-state index in [0.717, 1.165) is 19.3 Å². The smallest absolute Gasteiger partial charge is 0.258 e. The van der Waals surface area contributed by atoms with Crippen LogP contribution in [0.25, 0.3) is 10.9 Å². The first-order valence-electron chi connectivity index (χ1n) is 10.1. The molecule has 3 aromatic rings. The van der Waals surface area contributed by atoms with E-state index in [1.807, 2.05) is 18.2 Å². The van der Waals surface area contributed by atoms with Crippen LogP contribution >= 0.6 is 0 Å². The van der Waals surface area contributed by atoms with Crippen LogP contribution in [0, 0.1) is 5.92 Å². The molecule has 0 radical (unpaired) electrons. The van der Waals surface area contributed by atoms with Gasteiger partial charge in [0.1, 0.15) is 11.6 Å². The number of nitrogens with one attached hydrogen (secondary N) is 1. The number of hydrogen-bond acceptors (Lipinski definition) is 5. The summed E-state index contributed by atoms with van der Waals surface area (Å²) >= 11 is 0. The van der Waals surface area contributed by atoms with Crippen molar-refractivity contribution < 1.29 is 13.2 Å². The van der Waals surface area contributed by atoms with Gasteiger partial charge in [0, 0.05) is 19.5 Å². The van der Waals surface area contributed by atoms with Crippen LogP contribution in [0.1, 0.15) is 25.1 Å². The Morgan fingerprint density at radius 2 is 1.80 bits per heavy atom. The summed E-state index contributed by atoms with van der Waals surface area (Å²) in [7, 11) is -1.94. The van der Waals surface area contributed by atoms with Crippen LogP contribution in [0.3, 0.4) is 0 Å². The number of aromatic nitrogens is 2. The van der Waals surface area contributed by atoms with Crippen LogP contribution in [0.4, 0.5) is 0 Å². The number of methoxy groups -OCH3 is 1. The van der Waals surface area contributed by atoms with Gasteiger partial charge in [-0.05, 0) is 61.6 Å². The van der Waals surface area contributed by atoms with Crippen molar-refractivity contribution in [3.63, 3.8) is 0 Å². The molecule has 0 aliphatic carbocycles. The zero-order valence-corrected chi connectivity index (χ0v) is 17.7. The van der Waals surface area contributed by atoms with Crippen LogP contribution in [0.15, 0.2) is 58.2 Å². The number of para-hydroxylation sites is 1. The van der Waals surface area contributed by atoms with Crippen molar-refractivity contribution in [3.8, 4) is 5.75 Å². The van der Waals surface area contributed by atoms with Crippen LogP contribution < -0.4 is 10.3 Å². The lowest BCUT2D eigenvalue weighted by Gasteiger charge is -2.31. The summed E-state index contributed by atoms with van der Waals surface area (Å²) < 4.78 is 32.4. The van der Waals surface area contributed by atoms with Crippen LogP contribution in [-0.4, -0.2) is 42.9 Å². The highest BCUT2D eigenvalue weighted by atomic mass is 32.2. The molecule has 1 N–H and O–H groups in total. The SMILES string of the molecule is COc1ccc(S(=O)(=O)N2CCC(CCc3nc4ccccc4c(=O)[nH]3)CC2)cc1. The van der Waals surface area contributed by atoms with E-state index in [1.54, 1.807) is 41.7 Å².